The number of hydrogen-bond acceptors (Lipinski definition) is 3. The Kier molecular flexibility index (Phi) is 2.33. The molecule has 1 N–H and O–H groups in total. The molecule has 0 amide bonds. The number of aromatic nitrogens is 1. The topological polar surface area (TPSA) is 50.2 Å². The number of ketones is 1. The molecule has 0 bridgehead atoms. The first-order valence-electron chi connectivity index (χ1n) is 4.40. The molecule has 1 heterocycles. The lowest BCUT2D eigenvalue weighted by atomic mass is 10.1. The summed E-state index contributed by atoms with van der Waals surface area (Å²) < 4.78 is 12.2. The second-order valence-electron chi connectivity index (χ2n) is 3.09. The molecule has 15 heavy (non-hydrogen) atoms. The molecular weight excluding hydrogens is 197 g/mol. The SMILES string of the molecule is O=C(CF)c1cnc2ccccc2c1O. The summed E-state index contributed by atoms with van der Waals surface area (Å²) in [6.45, 7) is -1.13. The number of alkyl halides is 1. The van der Waals surface area contributed by atoms with Crippen molar-refractivity contribution in [2.75, 3.05) is 6.67 Å². The van der Waals surface area contributed by atoms with Crippen LogP contribution >= 0.6 is 0 Å². The number of para-hydroxylation sites is 1. The van der Waals surface area contributed by atoms with Gasteiger partial charge in [0.2, 0.25) is 0 Å². The Morgan fingerprint density at radius 2 is 2.13 bits per heavy atom. The van der Waals surface area contributed by atoms with E-state index in [1.54, 1.807) is 24.3 Å². The lowest BCUT2D eigenvalue weighted by Gasteiger charge is -2.04. The third-order valence-electron chi connectivity index (χ3n) is 2.17. The van der Waals surface area contributed by atoms with E-state index in [4.69, 9.17) is 0 Å². The molecule has 4 heteroatoms. The van der Waals surface area contributed by atoms with Crippen LogP contribution in [0.5, 0.6) is 5.75 Å². The van der Waals surface area contributed by atoms with Crippen LogP contribution < -0.4 is 0 Å². The number of nitrogens with zero attached hydrogens (tertiary/aromatic N) is 1. The van der Waals surface area contributed by atoms with E-state index in [1.807, 2.05) is 0 Å². The molecule has 1 aromatic heterocycles. The van der Waals surface area contributed by atoms with Crippen LogP contribution in [-0.2, 0) is 0 Å². The van der Waals surface area contributed by atoms with E-state index in [1.165, 1.54) is 6.20 Å². The number of benzene rings is 1. The van der Waals surface area contributed by atoms with Gasteiger partial charge in [-0.25, -0.2) is 4.39 Å². The maximum absolute atomic E-state index is 12.2. The summed E-state index contributed by atoms with van der Waals surface area (Å²) in [5.41, 5.74) is 0.501. The fourth-order valence-corrected chi connectivity index (χ4v) is 1.40. The predicted octanol–water partition coefficient (Wildman–Crippen LogP) is 2.09. The molecule has 0 saturated heterocycles. The molecule has 2 rings (SSSR count). The van der Waals surface area contributed by atoms with Gasteiger partial charge in [-0.2, -0.15) is 0 Å². The second-order valence-corrected chi connectivity index (χ2v) is 3.09. The van der Waals surface area contributed by atoms with Crippen molar-refractivity contribution in [1.82, 2.24) is 4.98 Å². The van der Waals surface area contributed by atoms with Crippen molar-refractivity contribution in [2.24, 2.45) is 0 Å². The Labute approximate surface area is 85.2 Å². The number of carbonyl (C=O) groups is 1. The Hall–Kier alpha value is -1.97. The fraction of sp³-hybridized carbons (Fsp3) is 0.0909. The van der Waals surface area contributed by atoms with Crippen LogP contribution in [0, 0.1) is 0 Å². The standard InChI is InChI=1S/C11H8FNO2/c12-5-10(14)8-6-13-9-4-2-1-3-7(9)11(8)15/h1-4,6H,5H2,(H,13,15). The number of hydrogen-bond donors (Lipinski definition) is 1. The summed E-state index contributed by atoms with van der Waals surface area (Å²) in [4.78, 5) is 15.1. The average Bonchev–Trinajstić information content (AvgIpc) is 2.29. The molecule has 0 unspecified atom stereocenters. The Morgan fingerprint density at radius 3 is 2.87 bits per heavy atom. The zero-order chi connectivity index (χ0) is 10.8. The summed E-state index contributed by atoms with van der Waals surface area (Å²) in [5.74, 6) is -0.964. The minimum Gasteiger partial charge on any atom is -0.506 e. The van der Waals surface area contributed by atoms with E-state index in [0.29, 0.717) is 10.9 Å². The van der Waals surface area contributed by atoms with Crippen molar-refractivity contribution in [3.63, 3.8) is 0 Å². The lowest BCUT2D eigenvalue weighted by Crippen LogP contribution is -2.02. The molecule has 3 nitrogen and oxygen atoms in total. The van der Waals surface area contributed by atoms with Crippen molar-refractivity contribution in [2.45, 2.75) is 0 Å². The van der Waals surface area contributed by atoms with Crippen LogP contribution in [0.4, 0.5) is 4.39 Å². The van der Waals surface area contributed by atoms with E-state index in [9.17, 15) is 14.3 Å². The van der Waals surface area contributed by atoms with Crippen LogP contribution in [0.3, 0.4) is 0 Å². The molecular formula is C11H8FNO2. The number of fused-ring (bicyclic) bond motifs is 1. The lowest BCUT2D eigenvalue weighted by molar-refractivity contribution is 0.0956. The first-order valence-corrected chi connectivity index (χ1v) is 4.40. The van der Waals surface area contributed by atoms with Crippen molar-refractivity contribution >= 4 is 16.7 Å². The van der Waals surface area contributed by atoms with Gasteiger partial charge in [0.25, 0.3) is 0 Å². The van der Waals surface area contributed by atoms with Gasteiger partial charge in [-0.15, -0.1) is 0 Å². The van der Waals surface area contributed by atoms with E-state index in [2.05, 4.69) is 4.98 Å². The largest absolute Gasteiger partial charge is 0.506 e. The van der Waals surface area contributed by atoms with Gasteiger partial charge >= 0.3 is 0 Å². The quantitative estimate of drug-likeness (QED) is 0.764. The van der Waals surface area contributed by atoms with Gasteiger partial charge in [-0.1, -0.05) is 12.1 Å². The summed E-state index contributed by atoms with van der Waals surface area (Å²) in [5, 5.41) is 10.2. The normalized spacial score (nSPS) is 10.5. The van der Waals surface area contributed by atoms with E-state index < -0.39 is 12.5 Å². The first kappa shape index (κ1) is 9.58. The van der Waals surface area contributed by atoms with Crippen LogP contribution in [0.15, 0.2) is 30.5 Å². The van der Waals surface area contributed by atoms with Crippen LogP contribution in [-0.4, -0.2) is 22.5 Å². The monoisotopic (exact) mass is 205 g/mol. The minimum atomic E-state index is -1.13. The number of carbonyl (C=O) groups excluding carboxylic acids is 1. The van der Waals surface area contributed by atoms with Gasteiger partial charge < -0.3 is 5.11 Å². The van der Waals surface area contributed by atoms with E-state index in [-0.39, 0.29) is 11.3 Å². The molecule has 0 aliphatic carbocycles. The highest BCUT2D eigenvalue weighted by atomic mass is 19.1. The highest BCUT2D eigenvalue weighted by molar-refractivity contribution is 6.03. The van der Waals surface area contributed by atoms with Crippen molar-refractivity contribution in [3.05, 3.63) is 36.0 Å². The average molecular weight is 205 g/mol. The molecule has 76 valence electrons. The summed E-state index contributed by atoms with van der Waals surface area (Å²) in [6, 6.07) is 6.82. The summed E-state index contributed by atoms with van der Waals surface area (Å²) >= 11 is 0. The maximum atomic E-state index is 12.2. The van der Waals surface area contributed by atoms with Gasteiger partial charge in [0.05, 0.1) is 11.1 Å². The summed E-state index contributed by atoms with van der Waals surface area (Å²) in [7, 11) is 0. The zero-order valence-electron chi connectivity index (χ0n) is 7.77. The van der Waals surface area contributed by atoms with Crippen molar-refractivity contribution in [3.8, 4) is 5.75 Å². The van der Waals surface area contributed by atoms with Crippen LogP contribution in [0.1, 0.15) is 10.4 Å². The molecule has 0 radical (unpaired) electrons. The van der Waals surface area contributed by atoms with Crippen LogP contribution in [0.25, 0.3) is 10.9 Å². The van der Waals surface area contributed by atoms with Gasteiger partial charge in [0.15, 0.2) is 12.5 Å². The maximum Gasteiger partial charge on any atom is 0.199 e. The Bertz CT molecular complexity index is 525. The Morgan fingerprint density at radius 1 is 1.40 bits per heavy atom. The Balaban J connectivity index is 2.70. The van der Waals surface area contributed by atoms with Crippen molar-refractivity contribution < 1.29 is 14.3 Å². The molecule has 0 fully saturated rings. The molecule has 2 aromatic rings. The number of rotatable bonds is 2. The zero-order valence-corrected chi connectivity index (χ0v) is 7.77. The molecule has 1 aromatic carbocycles. The molecule has 0 atom stereocenters. The number of aromatic hydroxyl groups is 1. The van der Waals surface area contributed by atoms with Crippen molar-refractivity contribution in [1.29, 1.82) is 0 Å². The predicted molar refractivity (Wildman–Crippen MR) is 53.7 cm³/mol. The van der Waals surface area contributed by atoms with Gasteiger partial charge in [0, 0.05) is 11.6 Å². The third-order valence-corrected chi connectivity index (χ3v) is 2.17. The van der Waals surface area contributed by atoms with E-state index in [0.717, 1.165) is 0 Å². The molecule has 0 aliphatic heterocycles. The third kappa shape index (κ3) is 1.54. The minimum absolute atomic E-state index is 0.0730. The highest BCUT2D eigenvalue weighted by Gasteiger charge is 2.13. The van der Waals surface area contributed by atoms with Gasteiger partial charge in [-0.05, 0) is 12.1 Å². The van der Waals surface area contributed by atoms with E-state index >= 15 is 0 Å². The number of Topliss-reactive ketones (excluding diaryl/α,β-unsaturated/α-hetero) is 1. The van der Waals surface area contributed by atoms with Crippen LogP contribution in [0.2, 0.25) is 0 Å². The molecule has 0 spiro atoms. The summed E-state index contributed by atoms with van der Waals surface area (Å²) in [6.07, 6.45) is 1.19. The molecule has 0 saturated carbocycles. The second kappa shape index (κ2) is 3.65. The molecule has 0 aliphatic rings. The number of pyridine rings is 1. The fourth-order valence-electron chi connectivity index (χ4n) is 1.40. The first-order chi connectivity index (χ1) is 7.24. The van der Waals surface area contributed by atoms with Gasteiger partial charge in [0.1, 0.15) is 5.75 Å². The smallest absolute Gasteiger partial charge is 0.199 e. The number of halogens is 1. The highest BCUT2D eigenvalue weighted by Crippen LogP contribution is 2.26. The van der Waals surface area contributed by atoms with Gasteiger partial charge in [-0.3, -0.25) is 9.78 Å².